The number of carbonyl (C=O) groups excluding carboxylic acids is 3. The van der Waals surface area contributed by atoms with Crippen molar-refractivity contribution in [3.63, 3.8) is 0 Å². The number of hydroxylamine groups is 1. The molecule has 3 aromatic rings. The smallest absolute Gasteiger partial charge is 0.408 e. The molecule has 3 rings (SSSR count). The highest BCUT2D eigenvalue weighted by Gasteiger charge is 2.31. The topological polar surface area (TPSA) is 139 Å². The van der Waals surface area contributed by atoms with Gasteiger partial charge in [-0.05, 0) is 81.0 Å². The number of rotatable bonds is 14. The first-order chi connectivity index (χ1) is 20.0. The second-order valence-electron chi connectivity index (χ2n) is 10.7. The van der Waals surface area contributed by atoms with E-state index in [1.165, 1.54) is 19.3 Å². The summed E-state index contributed by atoms with van der Waals surface area (Å²) in [6.45, 7) is 5.35. The van der Waals surface area contributed by atoms with E-state index in [1.807, 2.05) is 36.7 Å². The Hall–Kier alpha value is -3.96. The quantitative estimate of drug-likeness (QED) is 0.114. The van der Waals surface area contributed by atoms with E-state index in [0.29, 0.717) is 35.7 Å². The number of aromatic amines is 1. The lowest BCUT2D eigenvalue weighted by Gasteiger charge is -2.26. The van der Waals surface area contributed by atoms with E-state index < -0.39 is 29.6 Å². The van der Waals surface area contributed by atoms with Crippen molar-refractivity contribution < 1.29 is 33.8 Å². The van der Waals surface area contributed by atoms with Crippen molar-refractivity contribution in [2.45, 2.75) is 45.3 Å². The summed E-state index contributed by atoms with van der Waals surface area (Å²) in [6, 6.07) is 12.2. The molecule has 0 saturated heterocycles. The Bertz CT molecular complexity index is 1400. The maximum Gasteiger partial charge on any atom is 0.408 e. The molecule has 2 atom stereocenters. The first-order valence-corrected chi connectivity index (χ1v) is 14.9. The normalized spacial score (nSPS) is 13.0. The third kappa shape index (κ3) is 9.56. The molecule has 0 unspecified atom stereocenters. The fourth-order valence-corrected chi connectivity index (χ4v) is 4.84. The van der Waals surface area contributed by atoms with Crippen LogP contribution < -0.4 is 20.3 Å². The largest absolute Gasteiger partial charge is 0.493 e. The number of fused-ring (bicyclic) bond motifs is 1. The Morgan fingerprint density at radius 3 is 2.57 bits per heavy atom. The Kier molecular flexibility index (Phi) is 11.9. The molecule has 0 fully saturated rings. The van der Waals surface area contributed by atoms with Crippen molar-refractivity contribution in [2.24, 2.45) is 5.92 Å². The Morgan fingerprint density at radius 2 is 1.88 bits per heavy atom. The summed E-state index contributed by atoms with van der Waals surface area (Å²) < 4.78 is 17.1. The molecule has 226 valence electrons. The number of methoxy groups -OCH3 is 1. The van der Waals surface area contributed by atoms with Gasteiger partial charge in [-0.3, -0.25) is 14.8 Å². The van der Waals surface area contributed by atoms with Crippen LogP contribution in [0.2, 0.25) is 0 Å². The van der Waals surface area contributed by atoms with E-state index in [4.69, 9.17) is 19.4 Å². The fraction of sp³-hybridized carbons (Fsp3) is 0.387. The zero-order valence-corrected chi connectivity index (χ0v) is 25.4. The third-order valence-corrected chi connectivity index (χ3v) is 7.00. The highest BCUT2D eigenvalue weighted by Crippen LogP contribution is 2.30. The van der Waals surface area contributed by atoms with Gasteiger partial charge in [-0.15, -0.1) is 0 Å². The lowest BCUT2D eigenvalue weighted by atomic mass is 9.90. The Balaban J connectivity index is 1.88. The van der Waals surface area contributed by atoms with Gasteiger partial charge in [-0.1, -0.05) is 24.3 Å². The van der Waals surface area contributed by atoms with Crippen LogP contribution in [0.15, 0.2) is 54.7 Å². The van der Waals surface area contributed by atoms with Crippen LogP contribution in [0.3, 0.4) is 0 Å². The number of nitrogens with one attached hydrogen (secondary N) is 3. The van der Waals surface area contributed by atoms with E-state index in [-0.39, 0.29) is 12.4 Å². The lowest BCUT2D eigenvalue weighted by Crippen LogP contribution is -2.47. The van der Waals surface area contributed by atoms with Gasteiger partial charge in [0, 0.05) is 23.2 Å². The van der Waals surface area contributed by atoms with Crippen molar-refractivity contribution >= 4 is 46.5 Å². The standard InChI is InChI=1S/C31H39N3O7S/c1-31(2,3)41-30(37)33-25(14-15-42-5)29(36)22(17-21-18-32-24-9-7-6-8-23(21)24)19-40-26-12-10-20(16-27(26)39-4)11-13-28(35)34-38/h6-13,16,18,22,25,32,38H,14-15,17,19H2,1-5H3,(H,33,37)(H,34,35)/b13-11+/t22-,25-/m0/s1. The molecule has 2 amide bonds. The molecule has 0 aliphatic rings. The predicted octanol–water partition coefficient (Wildman–Crippen LogP) is 5.15. The maximum absolute atomic E-state index is 14.1. The summed E-state index contributed by atoms with van der Waals surface area (Å²) in [4.78, 5) is 41.3. The molecule has 11 heteroatoms. The van der Waals surface area contributed by atoms with Crippen LogP contribution in [0.25, 0.3) is 17.0 Å². The molecule has 0 spiro atoms. The number of benzene rings is 2. The zero-order chi connectivity index (χ0) is 30.7. The maximum atomic E-state index is 14.1. The molecular formula is C31H39N3O7S. The number of para-hydroxylation sites is 1. The number of ether oxygens (including phenoxy) is 3. The Labute approximate surface area is 250 Å². The zero-order valence-electron chi connectivity index (χ0n) is 24.6. The minimum absolute atomic E-state index is 0.0303. The van der Waals surface area contributed by atoms with E-state index in [1.54, 1.807) is 56.2 Å². The first-order valence-electron chi connectivity index (χ1n) is 13.5. The summed E-state index contributed by atoms with van der Waals surface area (Å²) in [5, 5.41) is 12.5. The van der Waals surface area contributed by atoms with Gasteiger partial charge in [-0.25, -0.2) is 10.3 Å². The van der Waals surface area contributed by atoms with Crippen molar-refractivity contribution in [3.8, 4) is 11.5 Å². The molecule has 0 radical (unpaired) electrons. The van der Waals surface area contributed by atoms with Crippen LogP contribution in [0.5, 0.6) is 11.5 Å². The first kappa shape index (κ1) is 32.6. The molecule has 2 aromatic carbocycles. The summed E-state index contributed by atoms with van der Waals surface area (Å²) in [6.07, 6.45) is 6.71. The van der Waals surface area contributed by atoms with Gasteiger partial charge in [0.25, 0.3) is 5.91 Å². The van der Waals surface area contributed by atoms with Crippen molar-refractivity contribution in [2.75, 3.05) is 25.7 Å². The average molecular weight is 598 g/mol. The van der Waals surface area contributed by atoms with Crippen LogP contribution in [0.1, 0.15) is 38.3 Å². The summed E-state index contributed by atoms with van der Waals surface area (Å²) >= 11 is 1.59. The average Bonchev–Trinajstić information content (AvgIpc) is 3.37. The molecule has 0 bridgehead atoms. The van der Waals surface area contributed by atoms with Crippen LogP contribution in [-0.4, -0.2) is 65.3 Å². The molecule has 0 saturated carbocycles. The second-order valence-corrected chi connectivity index (χ2v) is 11.7. The minimum atomic E-state index is -0.766. The highest BCUT2D eigenvalue weighted by molar-refractivity contribution is 7.98. The van der Waals surface area contributed by atoms with Gasteiger partial charge in [0.05, 0.1) is 25.7 Å². The summed E-state index contributed by atoms with van der Waals surface area (Å²) in [7, 11) is 1.49. The summed E-state index contributed by atoms with van der Waals surface area (Å²) in [5.41, 5.74) is 3.41. The van der Waals surface area contributed by atoms with Crippen molar-refractivity contribution in [1.29, 1.82) is 0 Å². The molecular weight excluding hydrogens is 558 g/mol. The minimum Gasteiger partial charge on any atom is -0.493 e. The molecule has 10 nitrogen and oxygen atoms in total. The molecule has 1 aromatic heterocycles. The van der Waals surface area contributed by atoms with Gasteiger partial charge in [0.1, 0.15) is 5.60 Å². The van der Waals surface area contributed by atoms with Gasteiger partial charge in [-0.2, -0.15) is 11.8 Å². The number of amides is 2. The van der Waals surface area contributed by atoms with Crippen molar-refractivity contribution in [3.05, 3.63) is 65.9 Å². The number of H-pyrrole nitrogens is 1. The van der Waals surface area contributed by atoms with Crippen LogP contribution in [0, 0.1) is 5.92 Å². The number of alkyl carbamates (subject to hydrolysis) is 1. The molecule has 0 aliphatic carbocycles. The fourth-order valence-electron chi connectivity index (χ4n) is 4.37. The number of carbonyl (C=O) groups is 3. The number of hydrogen-bond donors (Lipinski definition) is 4. The predicted molar refractivity (Wildman–Crippen MR) is 164 cm³/mol. The lowest BCUT2D eigenvalue weighted by molar-refractivity contribution is -0.126. The van der Waals surface area contributed by atoms with E-state index in [9.17, 15) is 14.4 Å². The molecule has 0 aliphatic heterocycles. The van der Waals surface area contributed by atoms with E-state index >= 15 is 0 Å². The van der Waals surface area contributed by atoms with Gasteiger partial charge in [0.15, 0.2) is 17.3 Å². The third-order valence-electron chi connectivity index (χ3n) is 6.35. The van der Waals surface area contributed by atoms with Crippen LogP contribution >= 0.6 is 11.8 Å². The number of thioether (sulfide) groups is 1. The Morgan fingerprint density at radius 1 is 1.12 bits per heavy atom. The number of hydrogen-bond acceptors (Lipinski definition) is 8. The SMILES string of the molecule is COc1cc(/C=C/C(=O)NO)ccc1OC[C@H](Cc1c[nH]c2ccccc12)C(=O)[C@H](CCSC)NC(=O)OC(C)(C)C. The monoisotopic (exact) mass is 597 g/mol. The number of ketones is 1. The highest BCUT2D eigenvalue weighted by atomic mass is 32.2. The second kappa shape index (κ2) is 15.3. The molecule has 42 heavy (non-hydrogen) atoms. The van der Waals surface area contributed by atoms with Crippen LogP contribution in [-0.2, 0) is 20.7 Å². The van der Waals surface area contributed by atoms with E-state index in [0.717, 1.165) is 16.5 Å². The summed E-state index contributed by atoms with van der Waals surface area (Å²) in [5.74, 6) is 0.0647. The number of aromatic nitrogens is 1. The molecule has 4 N–H and O–H groups in total. The van der Waals surface area contributed by atoms with Gasteiger partial charge < -0.3 is 24.5 Å². The van der Waals surface area contributed by atoms with Crippen molar-refractivity contribution in [1.82, 2.24) is 15.8 Å². The van der Waals surface area contributed by atoms with Crippen LogP contribution in [0.4, 0.5) is 4.79 Å². The van der Waals surface area contributed by atoms with Gasteiger partial charge >= 0.3 is 6.09 Å². The van der Waals surface area contributed by atoms with Gasteiger partial charge in [0.2, 0.25) is 0 Å². The van der Waals surface area contributed by atoms with E-state index in [2.05, 4.69) is 10.3 Å². The molecule has 1 heterocycles. The number of Topliss-reactive ketones (excluding diaryl/α,β-unsaturated/α-hetero) is 1.